The summed E-state index contributed by atoms with van der Waals surface area (Å²) in [4.78, 5) is 4.71. The Labute approximate surface area is 420 Å². The van der Waals surface area contributed by atoms with Crippen LogP contribution in [0.3, 0.4) is 0 Å². The van der Waals surface area contributed by atoms with Crippen molar-refractivity contribution in [2.24, 2.45) is 0 Å². The number of hydrogen-bond donors (Lipinski definition) is 0. The van der Waals surface area contributed by atoms with Crippen LogP contribution >= 0.6 is 0 Å². The minimum absolute atomic E-state index is 0.790. The highest BCUT2D eigenvalue weighted by atomic mass is 16.5. The molecule has 2 aromatic heterocycles. The molecule has 0 spiro atoms. The molecular formula is C68H42N2O3. The highest BCUT2D eigenvalue weighted by molar-refractivity contribution is 6.19. The first-order chi connectivity index (χ1) is 36.2. The van der Waals surface area contributed by atoms with Crippen molar-refractivity contribution in [3.63, 3.8) is 0 Å². The fourth-order valence-electron chi connectivity index (χ4n) is 11.3. The van der Waals surface area contributed by atoms with E-state index in [4.69, 9.17) is 13.6 Å². The van der Waals surface area contributed by atoms with E-state index >= 15 is 0 Å². The van der Waals surface area contributed by atoms with E-state index in [1.807, 2.05) is 24.3 Å². The minimum Gasteiger partial charge on any atom is -0.456 e. The average molecular weight is 935 g/mol. The second kappa shape index (κ2) is 16.4. The summed E-state index contributed by atoms with van der Waals surface area (Å²) < 4.78 is 20.2. The third-order valence-corrected chi connectivity index (χ3v) is 14.6. The maximum Gasteiger partial charge on any atom is 0.159 e. The van der Waals surface area contributed by atoms with E-state index in [-0.39, 0.29) is 0 Å². The predicted octanol–water partition coefficient (Wildman–Crippen LogP) is 19.8. The molecule has 14 aromatic rings. The Bertz CT molecular complexity index is 4500. The predicted molar refractivity (Wildman–Crippen MR) is 302 cm³/mol. The first-order valence-corrected chi connectivity index (χ1v) is 24.7. The molecule has 342 valence electrons. The molecule has 5 heteroatoms. The molecule has 0 fully saturated rings. The van der Waals surface area contributed by atoms with Crippen molar-refractivity contribution in [2.75, 3.05) is 9.80 Å². The van der Waals surface area contributed by atoms with Gasteiger partial charge in [0, 0.05) is 61.1 Å². The highest BCUT2D eigenvalue weighted by Crippen LogP contribution is 2.53. The molecule has 73 heavy (non-hydrogen) atoms. The lowest BCUT2D eigenvalue weighted by Gasteiger charge is -2.30. The lowest BCUT2D eigenvalue weighted by molar-refractivity contribution is 0.487. The van der Waals surface area contributed by atoms with Crippen molar-refractivity contribution in [1.82, 2.24) is 0 Å². The molecule has 0 saturated heterocycles. The second-order valence-corrected chi connectivity index (χ2v) is 18.8. The molecule has 1 aliphatic heterocycles. The summed E-state index contributed by atoms with van der Waals surface area (Å²) >= 11 is 0. The van der Waals surface area contributed by atoms with E-state index in [0.717, 1.165) is 144 Å². The number of furan rings is 2. The number of hydrogen-bond acceptors (Lipinski definition) is 5. The zero-order chi connectivity index (χ0) is 48.0. The van der Waals surface area contributed by atoms with E-state index in [9.17, 15) is 0 Å². The van der Waals surface area contributed by atoms with E-state index < -0.39 is 0 Å². The van der Waals surface area contributed by atoms with Crippen molar-refractivity contribution in [1.29, 1.82) is 0 Å². The normalized spacial score (nSPS) is 11.9. The number of para-hydroxylation sites is 5. The van der Waals surface area contributed by atoms with Gasteiger partial charge in [-0.15, -0.1) is 0 Å². The zero-order valence-corrected chi connectivity index (χ0v) is 39.4. The van der Waals surface area contributed by atoms with Crippen molar-refractivity contribution < 1.29 is 13.6 Å². The standard InChI is InChI=1S/C68H42N2O3/c1-3-17-43(18-4-1)49-21-7-11-27-59(49)69(47-36-38-64-57(41-47)52-24-10-13-30-62(52)71-64)46-34-33-45-39-58-53-37-35-48(42-66(53)72-65-32-16-25-54(67(58)65)56(45)40-46)70(60-28-12-8-22-50(60)44-19-5-2-6-20-44)61-29-15-26-55-51-23-9-14-31-63(51)73-68(55)61/h1-42H. The van der Waals surface area contributed by atoms with E-state index in [2.05, 4.69) is 240 Å². The fourth-order valence-corrected chi connectivity index (χ4v) is 11.3. The van der Waals surface area contributed by atoms with Crippen molar-refractivity contribution >= 4 is 99.5 Å². The summed E-state index contributed by atoms with van der Waals surface area (Å²) in [5.74, 6) is 1.61. The SMILES string of the molecule is c1ccc(-c2ccccc2N(c2ccc3cc4c5c(cccc5c3c2)Oc2cc(N(c3ccccc3-c3ccccc3)c3cccc5c3oc3ccccc35)ccc2-4)c2ccc3oc4ccccc4c3c2)cc1. The number of ether oxygens (including phenoxy) is 1. The monoisotopic (exact) mass is 934 g/mol. The van der Waals surface area contributed by atoms with Gasteiger partial charge in [-0.3, -0.25) is 0 Å². The molecule has 0 N–H and O–H groups in total. The van der Waals surface area contributed by atoms with Crippen LogP contribution in [0.15, 0.2) is 264 Å². The van der Waals surface area contributed by atoms with Gasteiger partial charge in [0.25, 0.3) is 0 Å². The summed E-state index contributed by atoms with van der Waals surface area (Å²) in [5.41, 5.74) is 16.2. The first-order valence-electron chi connectivity index (χ1n) is 24.7. The maximum atomic E-state index is 7.09. The van der Waals surface area contributed by atoms with Crippen LogP contribution < -0.4 is 14.5 Å². The van der Waals surface area contributed by atoms with Crippen molar-refractivity contribution in [3.8, 4) is 44.9 Å². The topological polar surface area (TPSA) is 42.0 Å². The quantitative estimate of drug-likeness (QED) is 0.142. The molecule has 1 aliphatic rings. The Morgan fingerprint density at radius 1 is 0.274 bits per heavy atom. The summed E-state index contributed by atoms with van der Waals surface area (Å²) in [6, 6.07) is 90.3. The molecular weight excluding hydrogens is 893 g/mol. The summed E-state index contributed by atoms with van der Waals surface area (Å²) in [6.45, 7) is 0. The van der Waals surface area contributed by atoms with Gasteiger partial charge in [-0.1, -0.05) is 164 Å². The van der Waals surface area contributed by atoms with Crippen LogP contribution in [-0.2, 0) is 0 Å². The first kappa shape index (κ1) is 41.0. The Balaban J connectivity index is 0.901. The van der Waals surface area contributed by atoms with Crippen LogP contribution in [0.4, 0.5) is 34.1 Å². The molecule has 3 heterocycles. The minimum atomic E-state index is 0.790. The third-order valence-electron chi connectivity index (χ3n) is 14.6. The van der Waals surface area contributed by atoms with Gasteiger partial charge in [0.15, 0.2) is 5.58 Å². The van der Waals surface area contributed by atoms with Crippen LogP contribution in [-0.4, -0.2) is 0 Å². The largest absolute Gasteiger partial charge is 0.456 e. The van der Waals surface area contributed by atoms with Gasteiger partial charge in [0.05, 0.1) is 22.7 Å². The van der Waals surface area contributed by atoms with Gasteiger partial charge in [-0.25, -0.2) is 0 Å². The molecule has 0 bridgehead atoms. The van der Waals surface area contributed by atoms with Gasteiger partial charge >= 0.3 is 0 Å². The molecule has 0 radical (unpaired) electrons. The zero-order valence-electron chi connectivity index (χ0n) is 39.4. The van der Waals surface area contributed by atoms with Crippen molar-refractivity contribution in [2.45, 2.75) is 0 Å². The lowest BCUT2D eigenvalue weighted by atomic mass is 9.90. The Morgan fingerprint density at radius 2 is 0.808 bits per heavy atom. The molecule has 0 amide bonds. The summed E-state index contributed by atoms with van der Waals surface area (Å²) in [6.07, 6.45) is 0. The van der Waals surface area contributed by atoms with Gasteiger partial charge in [-0.05, 0) is 118 Å². The average Bonchev–Trinajstić information content (AvgIpc) is 4.03. The van der Waals surface area contributed by atoms with Crippen LogP contribution in [0.5, 0.6) is 11.5 Å². The van der Waals surface area contributed by atoms with Gasteiger partial charge in [-0.2, -0.15) is 0 Å². The van der Waals surface area contributed by atoms with E-state index in [1.165, 1.54) is 0 Å². The molecule has 12 aromatic carbocycles. The van der Waals surface area contributed by atoms with Crippen LogP contribution in [0.25, 0.3) is 98.8 Å². The fraction of sp³-hybridized carbons (Fsp3) is 0. The highest BCUT2D eigenvalue weighted by Gasteiger charge is 2.27. The third kappa shape index (κ3) is 6.56. The van der Waals surface area contributed by atoms with Crippen LogP contribution in [0.1, 0.15) is 0 Å². The molecule has 0 aliphatic carbocycles. The second-order valence-electron chi connectivity index (χ2n) is 18.8. The number of benzene rings is 12. The van der Waals surface area contributed by atoms with Crippen molar-refractivity contribution in [3.05, 3.63) is 255 Å². The van der Waals surface area contributed by atoms with E-state index in [0.29, 0.717) is 0 Å². The molecule has 0 saturated carbocycles. The summed E-state index contributed by atoms with van der Waals surface area (Å²) in [5, 5.41) is 8.82. The maximum absolute atomic E-state index is 7.09. The Kier molecular flexibility index (Phi) is 9.19. The number of fused-ring (bicyclic) bond motifs is 10. The lowest BCUT2D eigenvalue weighted by Crippen LogP contribution is -2.12. The number of nitrogens with zero attached hydrogens (tertiary/aromatic N) is 2. The smallest absolute Gasteiger partial charge is 0.159 e. The molecule has 5 nitrogen and oxygen atoms in total. The van der Waals surface area contributed by atoms with Crippen LogP contribution in [0.2, 0.25) is 0 Å². The molecule has 15 rings (SSSR count). The Hall–Kier alpha value is -9.84. The number of anilines is 6. The van der Waals surface area contributed by atoms with Gasteiger partial charge in [0.1, 0.15) is 28.2 Å². The van der Waals surface area contributed by atoms with Gasteiger partial charge in [0.2, 0.25) is 0 Å². The Morgan fingerprint density at radius 3 is 1.56 bits per heavy atom. The van der Waals surface area contributed by atoms with Crippen LogP contribution in [0, 0.1) is 0 Å². The number of rotatable bonds is 8. The molecule has 0 atom stereocenters. The van der Waals surface area contributed by atoms with Gasteiger partial charge < -0.3 is 23.4 Å². The molecule has 0 unspecified atom stereocenters. The van der Waals surface area contributed by atoms with E-state index in [1.54, 1.807) is 0 Å². The summed E-state index contributed by atoms with van der Waals surface area (Å²) in [7, 11) is 0.